The van der Waals surface area contributed by atoms with Gasteiger partial charge in [0.25, 0.3) is 0 Å². The molecule has 2 atom stereocenters. The van der Waals surface area contributed by atoms with Crippen molar-refractivity contribution >= 4 is 18.0 Å². The Morgan fingerprint density at radius 3 is 2.06 bits per heavy atom. The molecular weight excluding hydrogens is 424 g/mol. The first-order valence-corrected chi connectivity index (χ1v) is 10.9. The second-order valence-electron chi connectivity index (χ2n) is 9.25. The lowest BCUT2D eigenvalue weighted by atomic mass is 9.84. The number of hydrogen-bond acceptors (Lipinski definition) is 5. The summed E-state index contributed by atoms with van der Waals surface area (Å²) in [5.74, 6) is -1.97. The Hall–Kier alpha value is -3.39. The van der Waals surface area contributed by atoms with Crippen LogP contribution in [0.2, 0.25) is 0 Å². The van der Waals surface area contributed by atoms with E-state index in [0.717, 1.165) is 22.3 Å². The summed E-state index contributed by atoms with van der Waals surface area (Å²) in [7, 11) is 0. The average molecular weight is 455 g/mol. The van der Waals surface area contributed by atoms with Gasteiger partial charge in [0.1, 0.15) is 6.61 Å². The van der Waals surface area contributed by atoms with E-state index in [2.05, 4.69) is 22.8 Å². The van der Waals surface area contributed by atoms with Gasteiger partial charge in [0.15, 0.2) is 6.10 Å². The van der Waals surface area contributed by atoms with Crippen LogP contribution in [0.5, 0.6) is 0 Å². The molecule has 2 unspecified atom stereocenters. The van der Waals surface area contributed by atoms with Crippen LogP contribution in [-0.4, -0.2) is 53.5 Å². The van der Waals surface area contributed by atoms with Gasteiger partial charge in [-0.2, -0.15) is 0 Å². The van der Waals surface area contributed by atoms with Crippen molar-refractivity contribution in [2.45, 2.75) is 45.3 Å². The molecule has 0 saturated heterocycles. The van der Waals surface area contributed by atoms with Gasteiger partial charge >= 0.3 is 12.1 Å². The summed E-state index contributed by atoms with van der Waals surface area (Å²) in [4.78, 5) is 35.6. The lowest BCUT2D eigenvalue weighted by Gasteiger charge is -2.31. The molecule has 2 aromatic rings. The average Bonchev–Trinajstić information content (AvgIpc) is 3.08. The summed E-state index contributed by atoms with van der Waals surface area (Å²) in [5, 5.41) is 23.2. The Bertz CT molecular complexity index is 984. The fourth-order valence-electron chi connectivity index (χ4n) is 3.91. The van der Waals surface area contributed by atoms with Crippen LogP contribution in [0.1, 0.15) is 44.2 Å². The number of aliphatic hydroxyl groups excluding tert-OH is 1. The molecule has 0 aliphatic heterocycles. The topological polar surface area (TPSA) is 125 Å². The van der Waals surface area contributed by atoms with E-state index in [9.17, 15) is 19.5 Å². The van der Waals surface area contributed by atoms with Crippen LogP contribution in [0.4, 0.5) is 4.79 Å². The Kier molecular flexibility index (Phi) is 7.38. The number of aliphatic carboxylic acids is 1. The van der Waals surface area contributed by atoms with Gasteiger partial charge in [0.2, 0.25) is 5.91 Å². The van der Waals surface area contributed by atoms with Crippen LogP contribution in [0.25, 0.3) is 11.1 Å². The summed E-state index contributed by atoms with van der Waals surface area (Å²) in [6.45, 7) is 5.38. The molecule has 0 fully saturated rings. The van der Waals surface area contributed by atoms with E-state index in [1.165, 1.54) is 0 Å². The van der Waals surface area contributed by atoms with Gasteiger partial charge in [-0.3, -0.25) is 4.79 Å². The number of rotatable bonds is 8. The van der Waals surface area contributed by atoms with E-state index in [4.69, 9.17) is 9.84 Å². The molecule has 2 amide bonds. The molecule has 4 N–H and O–H groups in total. The minimum atomic E-state index is -1.68. The van der Waals surface area contributed by atoms with E-state index in [0.29, 0.717) is 0 Å². The molecule has 0 spiro atoms. The molecule has 176 valence electrons. The van der Waals surface area contributed by atoms with Crippen LogP contribution in [0, 0.1) is 5.41 Å². The van der Waals surface area contributed by atoms with Crippen molar-refractivity contribution in [1.29, 1.82) is 0 Å². The lowest BCUT2D eigenvalue weighted by molar-refractivity contribution is -0.146. The Balaban J connectivity index is 1.61. The maximum Gasteiger partial charge on any atom is 0.407 e. The summed E-state index contributed by atoms with van der Waals surface area (Å²) in [5.41, 5.74) is 4.02. The van der Waals surface area contributed by atoms with Gasteiger partial charge in [-0.15, -0.1) is 0 Å². The number of carbonyl (C=O) groups is 3. The fourth-order valence-corrected chi connectivity index (χ4v) is 3.91. The first-order chi connectivity index (χ1) is 15.6. The van der Waals surface area contributed by atoms with Gasteiger partial charge < -0.3 is 25.6 Å². The summed E-state index contributed by atoms with van der Waals surface area (Å²) in [6, 6.07) is 15.5. The molecule has 8 nitrogen and oxygen atoms in total. The van der Waals surface area contributed by atoms with Crippen molar-refractivity contribution in [3.05, 3.63) is 59.7 Å². The molecule has 0 heterocycles. The van der Waals surface area contributed by atoms with Crippen LogP contribution < -0.4 is 10.6 Å². The number of hydrogen-bond donors (Lipinski definition) is 4. The van der Waals surface area contributed by atoms with Gasteiger partial charge in [-0.25, -0.2) is 9.59 Å². The number of carboxylic acids is 1. The van der Waals surface area contributed by atoms with Gasteiger partial charge in [0.05, 0.1) is 6.54 Å². The number of alkyl carbamates (subject to hydrolysis) is 1. The van der Waals surface area contributed by atoms with Crippen LogP contribution in [-0.2, 0) is 14.3 Å². The predicted molar refractivity (Wildman–Crippen MR) is 123 cm³/mol. The van der Waals surface area contributed by atoms with Crippen LogP contribution in [0.3, 0.4) is 0 Å². The number of carbonyl (C=O) groups excluding carboxylic acids is 2. The SMILES string of the molecule is CC(C)(C)C(CC(=O)NCC(O)C(=O)O)NC(=O)OCC1c2ccccc2-c2ccccc21. The normalized spacial score (nSPS) is 14.5. The zero-order valence-corrected chi connectivity index (χ0v) is 19.0. The van der Waals surface area contributed by atoms with Crippen molar-refractivity contribution in [2.24, 2.45) is 5.41 Å². The minimum Gasteiger partial charge on any atom is -0.479 e. The molecule has 2 aromatic carbocycles. The Morgan fingerprint density at radius 2 is 1.55 bits per heavy atom. The van der Waals surface area contributed by atoms with Crippen LogP contribution >= 0.6 is 0 Å². The number of ether oxygens (including phenoxy) is 1. The molecule has 33 heavy (non-hydrogen) atoms. The third kappa shape index (κ3) is 5.90. The predicted octanol–water partition coefficient (Wildman–Crippen LogP) is 2.89. The Morgan fingerprint density at radius 1 is 1.00 bits per heavy atom. The second kappa shape index (κ2) is 10.0. The summed E-state index contributed by atoms with van der Waals surface area (Å²) < 4.78 is 5.58. The molecule has 0 bridgehead atoms. The quantitative estimate of drug-likeness (QED) is 0.486. The first kappa shape index (κ1) is 24.3. The number of nitrogens with one attached hydrogen (secondary N) is 2. The molecule has 0 saturated carbocycles. The standard InChI is InChI=1S/C25H30N2O6/c1-25(2,3)21(12-22(29)26-13-20(28)23(30)31)27-24(32)33-14-19-17-10-6-4-8-15(17)16-9-5-7-11-18(16)19/h4-11,19-21,28H,12-14H2,1-3H3,(H,26,29)(H,27,32)(H,30,31). The van der Waals surface area contributed by atoms with E-state index in [-0.39, 0.29) is 18.9 Å². The number of fused-ring (bicyclic) bond motifs is 3. The zero-order valence-electron chi connectivity index (χ0n) is 19.0. The molecule has 0 radical (unpaired) electrons. The molecule has 8 heteroatoms. The largest absolute Gasteiger partial charge is 0.479 e. The van der Waals surface area contributed by atoms with Gasteiger partial charge in [-0.05, 0) is 27.7 Å². The smallest absolute Gasteiger partial charge is 0.407 e. The highest BCUT2D eigenvalue weighted by molar-refractivity contribution is 5.80. The van der Waals surface area contributed by atoms with E-state index in [1.807, 2.05) is 57.2 Å². The summed E-state index contributed by atoms with van der Waals surface area (Å²) >= 11 is 0. The van der Waals surface area contributed by atoms with Crippen molar-refractivity contribution < 1.29 is 29.3 Å². The number of carboxylic acid groups (broad SMARTS) is 1. The van der Waals surface area contributed by atoms with Crippen molar-refractivity contribution in [2.75, 3.05) is 13.2 Å². The highest BCUT2D eigenvalue weighted by Crippen LogP contribution is 2.44. The maximum absolute atomic E-state index is 12.6. The first-order valence-electron chi connectivity index (χ1n) is 10.9. The van der Waals surface area contributed by atoms with E-state index >= 15 is 0 Å². The lowest BCUT2D eigenvalue weighted by Crippen LogP contribution is -2.48. The third-order valence-corrected chi connectivity index (χ3v) is 5.85. The van der Waals surface area contributed by atoms with Gasteiger partial charge in [-0.1, -0.05) is 69.3 Å². The summed E-state index contributed by atoms with van der Waals surface area (Å²) in [6.07, 6.45) is -2.40. The monoisotopic (exact) mass is 454 g/mol. The number of aliphatic hydroxyl groups is 1. The molecule has 3 rings (SSSR count). The zero-order chi connectivity index (χ0) is 24.2. The molecule has 1 aliphatic carbocycles. The highest BCUT2D eigenvalue weighted by Gasteiger charge is 2.32. The molecular formula is C25H30N2O6. The van der Waals surface area contributed by atoms with Gasteiger partial charge in [0, 0.05) is 18.4 Å². The Labute approximate surface area is 193 Å². The van der Waals surface area contributed by atoms with Crippen molar-refractivity contribution in [1.82, 2.24) is 10.6 Å². The third-order valence-electron chi connectivity index (χ3n) is 5.85. The van der Waals surface area contributed by atoms with E-state index < -0.39 is 42.1 Å². The minimum absolute atomic E-state index is 0.0722. The maximum atomic E-state index is 12.6. The highest BCUT2D eigenvalue weighted by atomic mass is 16.5. The molecule has 1 aliphatic rings. The van der Waals surface area contributed by atoms with E-state index in [1.54, 1.807) is 0 Å². The van der Waals surface area contributed by atoms with Crippen molar-refractivity contribution in [3.63, 3.8) is 0 Å². The number of benzene rings is 2. The number of amides is 2. The second-order valence-corrected chi connectivity index (χ2v) is 9.25. The fraction of sp³-hybridized carbons (Fsp3) is 0.400. The van der Waals surface area contributed by atoms with Crippen molar-refractivity contribution in [3.8, 4) is 11.1 Å². The molecule has 0 aromatic heterocycles. The van der Waals surface area contributed by atoms with Crippen LogP contribution in [0.15, 0.2) is 48.5 Å².